The molecule has 1 aliphatic heterocycles. The van der Waals surface area contributed by atoms with Gasteiger partial charge in [0.1, 0.15) is 6.04 Å². The van der Waals surface area contributed by atoms with Gasteiger partial charge in [-0.15, -0.1) is 0 Å². The van der Waals surface area contributed by atoms with Crippen molar-refractivity contribution < 1.29 is 29.3 Å². The number of urea groups is 1. The van der Waals surface area contributed by atoms with Crippen LogP contribution in [-0.4, -0.2) is 65.4 Å². The number of amides is 2. The minimum atomic E-state index is -1.38. The summed E-state index contributed by atoms with van der Waals surface area (Å²) in [5.41, 5.74) is 0. The largest absolute Gasteiger partial charge is 0.480 e. The number of nitrogens with one attached hydrogen (secondary N) is 1. The number of hydrogen-bond acceptors (Lipinski definition) is 5. The van der Waals surface area contributed by atoms with E-state index in [1.165, 1.54) is 12.0 Å². The number of methoxy groups -OCH3 is 1. The third-order valence-corrected chi connectivity index (χ3v) is 3.02. The van der Waals surface area contributed by atoms with Crippen LogP contribution in [0.1, 0.15) is 19.3 Å². The van der Waals surface area contributed by atoms with Crippen LogP contribution in [0, 0.1) is 0 Å². The topological polar surface area (TPSA) is 116 Å². The fraction of sp³-hybridized carbons (Fsp3) is 0.727. The van der Waals surface area contributed by atoms with Gasteiger partial charge < -0.3 is 25.2 Å². The summed E-state index contributed by atoms with van der Waals surface area (Å²) in [5, 5.41) is 19.8. The predicted octanol–water partition coefficient (Wildman–Crippen LogP) is -0.831. The molecule has 1 aliphatic rings. The SMILES string of the molecule is COC(=O)C1CCCCN1C(=O)N[C@H](CO)C(=O)O. The number of esters is 1. The number of carboxylic acid groups (broad SMARTS) is 1. The molecule has 1 fully saturated rings. The van der Waals surface area contributed by atoms with Crippen molar-refractivity contribution >= 4 is 18.0 Å². The van der Waals surface area contributed by atoms with E-state index < -0.39 is 36.7 Å². The molecule has 0 aromatic rings. The van der Waals surface area contributed by atoms with Crippen LogP contribution in [0.25, 0.3) is 0 Å². The van der Waals surface area contributed by atoms with Gasteiger partial charge in [-0.3, -0.25) is 0 Å². The molecule has 1 rings (SSSR count). The summed E-state index contributed by atoms with van der Waals surface area (Å²) < 4.78 is 4.62. The molecule has 1 heterocycles. The fourth-order valence-corrected chi connectivity index (χ4v) is 1.97. The standard InChI is InChI=1S/C11H18N2O6/c1-19-10(17)8-4-2-3-5-13(8)11(18)12-7(6-14)9(15)16/h7-8,14H,2-6H2,1H3,(H,12,18)(H,15,16)/t7-,8?/m1/s1. The molecule has 2 amide bonds. The van der Waals surface area contributed by atoms with Crippen molar-refractivity contribution in [2.75, 3.05) is 20.3 Å². The van der Waals surface area contributed by atoms with Crippen molar-refractivity contribution in [1.82, 2.24) is 10.2 Å². The molecule has 2 atom stereocenters. The average Bonchev–Trinajstić information content (AvgIpc) is 2.43. The van der Waals surface area contributed by atoms with Gasteiger partial charge in [0.15, 0.2) is 6.04 Å². The van der Waals surface area contributed by atoms with Crippen LogP contribution in [0.5, 0.6) is 0 Å². The van der Waals surface area contributed by atoms with Crippen molar-refractivity contribution in [3.63, 3.8) is 0 Å². The van der Waals surface area contributed by atoms with Crippen molar-refractivity contribution in [2.45, 2.75) is 31.3 Å². The van der Waals surface area contributed by atoms with Crippen LogP contribution in [0.4, 0.5) is 4.79 Å². The molecule has 19 heavy (non-hydrogen) atoms. The van der Waals surface area contributed by atoms with Gasteiger partial charge in [-0.05, 0) is 19.3 Å². The lowest BCUT2D eigenvalue weighted by molar-refractivity contribution is -0.146. The lowest BCUT2D eigenvalue weighted by Crippen LogP contribution is -2.56. The van der Waals surface area contributed by atoms with E-state index in [0.717, 1.165) is 12.8 Å². The number of carboxylic acids is 1. The highest BCUT2D eigenvalue weighted by atomic mass is 16.5. The molecule has 8 nitrogen and oxygen atoms in total. The Labute approximate surface area is 110 Å². The minimum Gasteiger partial charge on any atom is -0.480 e. The number of likely N-dealkylation sites (tertiary alicyclic amines) is 1. The summed E-state index contributed by atoms with van der Waals surface area (Å²) in [6.45, 7) is -0.360. The van der Waals surface area contributed by atoms with Crippen LogP contribution in [0.3, 0.4) is 0 Å². The first kappa shape index (κ1) is 15.2. The minimum absolute atomic E-state index is 0.351. The van der Waals surface area contributed by atoms with Crippen molar-refractivity contribution in [3.8, 4) is 0 Å². The summed E-state index contributed by atoms with van der Waals surface area (Å²) in [7, 11) is 1.24. The second-order valence-electron chi connectivity index (χ2n) is 4.25. The first-order valence-corrected chi connectivity index (χ1v) is 6.00. The predicted molar refractivity (Wildman–Crippen MR) is 63.4 cm³/mol. The Morgan fingerprint density at radius 1 is 1.42 bits per heavy atom. The Balaban J connectivity index is 2.71. The molecule has 0 radical (unpaired) electrons. The normalized spacial score (nSPS) is 20.5. The first-order valence-electron chi connectivity index (χ1n) is 6.00. The number of ether oxygens (including phenoxy) is 1. The second kappa shape index (κ2) is 6.93. The number of aliphatic hydroxyl groups is 1. The van der Waals surface area contributed by atoms with Crippen LogP contribution in [-0.2, 0) is 14.3 Å². The molecule has 1 saturated heterocycles. The van der Waals surface area contributed by atoms with Gasteiger partial charge in [-0.2, -0.15) is 0 Å². The summed E-state index contributed by atoms with van der Waals surface area (Å²) in [6, 6.07) is -2.77. The quantitative estimate of drug-likeness (QED) is 0.576. The van der Waals surface area contributed by atoms with Crippen LogP contribution in [0.2, 0.25) is 0 Å². The summed E-state index contributed by atoms with van der Waals surface area (Å²) in [4.78, 5) is 35.5. The number of carbonyl (C=O) groups excluding carboxylic acids is 2. The molecule has 0 aromatic carbocycles. The van der Waals surface area contributed by atoms with Gasteiger partial charge in [-0.25, -0.2) is 14.4 Å². The highest BCUT2D eigenvalue weighted by Crippen LogP contribution is 2.18. The van der Waals surface area contributed by atoms with Gasteiger partial charge >= 0.3 is 18.0 Å². The van der Waals surface area contributed by atoms with E-state index in [2.05, 4.69) is 10.1 Å². The number of aliphatic hydroxyl groups excluding tert-OH is 1. The van der Waals surface area contributed by atoms with Gasteiger partial charge in [0, 0.05) is 6.54 Å². The van der Waals surface area contributed by atoms with Gasteiger partial charge in [0.2, 0.25) is 0 Å². The van der Waals surface area contributed by atoms with E-state index in [0.29, 0.717) is 13.0 Å². The monoisotopic (exact) mass is 274 g/mol. The van der Waals surface area contributed by atoms with E-state index in [1.54, 1.807) is 0 Å². The smallest absolute Gasteiger partial charge is 0.328 e. The number of nitrogens with zero attached hydrogens (tertiary/aromatic N) is 1. The zero-order valence-electron chi connectivity index (χ0n) is 10.7. The molecule has 0 aromatic heterocycles. The van der Waals surface area contributed by atoms with E-state index in [1.807, 2.05) is 0 Å². The zero-order chi connectivity index (χ0) is 14.4. The van der Waals surface area contributed by atoms with Crippen LogP contribution < -0.4 is 5.32 Å². The number of carbonyl (C=O) groups is 3. The molecular weight excluding hydrogens is 256 g/mol. The molecule has 0 spiro atoms. The number of aliphatic carboxylic acids is 1. The Bertz CT molecular complexity index is 359. The Morgan fingerprint density at radius 2 is 2.11 bits per heavy atom. The number of rotatable bonds is 4. The second-order valence-corrected chi connectivity index (χ2v) is 4.25. The van der Waals surface area contributed by atoms with E-state index in [-0.39, 0.29) is 0 Å². The molecule has 1 unspecified atom stereocenters. The van der Waals surface area contributed by atoms with E-state index in [9.17, 15) is 14.4 Å². The third-order valence-electron chi connectivity index (χ3n) is 3.02. The lowest BCUT2D eigenvalue weighted by atomic mass is 10.0. The van der Waals surface area contributed by atoms with Crippen molar-refractivity contribution in [2.24, 2.45) is 0 Å². The fourth-order valence-electron chi connectivity index (χ4n) is 1.97. The molecular formula is C11H18N2O6. The van der Waals surface area contributed by atoms with E-state index in [4.69, 9.17) is 10.2 Å². The lowest BCUT2D eigenvalue weighted by Gasteiger charge is -2.34. The first-order chi connectivity index (χ1) is 9.01. The van der Waals surface area contributed by atoms with Gasteiger partial charge in [0.05, 0.1) is 13.7 Å². The highest BCUT2D eigenvalue weighted by Gasteiger charge is 2.34. The maximum Gasteiger partial charge on any atom is 0.328 e. The molecule has 3 N–H and O–H groups in total. The van der Waals surface area contributed by atoms with Crippen molar-refractivity contribution in [3.05, 3.63) is 0 Å². The summed E-state index contributed by atoms with van der Waals surface area (Å²) in [5.74, 6) is -1.85. The van der Waals surface area contributed by atoms with Gasteiger partial charge in [0.25, 0.3) is 0 Å². The Morgan fingerprint density at radius 3 is 2.63 bits per heavy atom. The van der Waals surface area contributed by atoms with Crippen LogP contribution in [0.15, 0.2) is 0 Å². The zero-order valence-corrected chi connectivity index (χ0v) is 10.7. The number of hydrogen-bond donors (Lipinski definition) is 3. The average molecular weight is 274 g/mol. The third kappa shape index (κ3) is 3.82. The molecule has 0 aliphatic carbocycles. The Hall–Kier alpha value is -1.83. The number of piperidine rings is 1. The molecule has 0 saturated carbocycles. The van der Waals surface area contributed by atoms with Crippen molar-refractivity contribution in [1.29, 1.82) is 0 Å². The summed E-state index contributed by atoms with van der Waals surface area (Å²) >= 11 is 0. The maximum atomic E-state index is 11.9. The maximum absolute atomic E-state index is 11.9. The molecule has 108 valence electrons. The highest BCUT2D eigenvalue weighted by molar-refractivity contribution is 5.86. The molecule has 8 heteroatoms. The van der Waals surface area contributed by atoms with E-state index >= 15 is 0 Å². The van der Waals surface area contributed by atoms with Crippen LogP contribution >= 0.6 is 0 Å². The molecule has 0 bridgehead atoms. The Kier molecular flexibility index (Phi) is 5.56. The summed E-state index contributed by atoms with van der Waals surface area (Å²) in [6.07, 6.45) is 2.01. The van der Waals surface area contributed by atoms with Gasteiger partial charge in [-0.1, -0.05) is 0 Å².